The molecule has 30 heavy (non-hydrogen) atoms. The molecule has 0 aliphatic heterocycles. The van der Waals surface area contributed by atoms with E-state index in [9.17, 15) is 14.4 Å². The van der Waals surface area contributed by atoms with Crippen molar-refractivity contribution in [3.8, 4) is 10.4 Å². The molecule has 7 nitrogen and oxygen atoms in total. The van der Waals surface area contributed by atoms with Gasteiger partial charge in [-0.05, 0) is 36.8 Å². The lowest BCUT2D eigenvalue weighted by Crippen LogP contribution is -2.21. The molecule has 0 bridgehead atoms. The van der Waals surface area contributed by atoms with Crippen molar-refractivity contribution in [3.63, 3.8) is 0 Å². The number of nitrogens with two attached hydrogens (primary N) is 1. The molecule has 0 spiro atoms. The fourth-order valence-electron chi connectivity index (χ4n) is 2.63. The minimum atomic E-state index is -0.667. The van der Waals surface area contributed by atoms with Crippen LogP contribution in [0.3, 0.4) is 0 Å². The minimum Gasteiger partial charge on any atom is -0.462 e. The maximum absolute atomic E-state index is 12.3. The van der Waals surface area contributed by atoms with Gasteiger partial charge >= 0.3 is 11.9 Å². The van der Waals surface area contributed by atoms with Crippen LogP contribution in [0.25, 0.3) is 10.4 Å². The van der Waals surface area contributed by atoms with Crippen molar-refractivity contribution >= 4 is 39.9 Å². The number of rotatable bonds is 7. The Bertz CT molecular complexity index is 1060. The van der Waals surface area contributed by atoms with Gasteiger partial charge in [0.2, 0.25) is 0 Å². The van der Waals surface area contributed by atoms with Crippen LogP contribution in [0.1, 0.15) is 27.6 Å². The van der Waals surface area contributed by atoms with Gasteiger partial charge in [0.25, 0.3) is 5.91 Å². The standard InChI is InChI=1S/C22H20N2O5S/c1-2-28-22(27)17-12-18(14-7-4-3-5-8-14)30-20(17)24-19(25)13-29-21(26)15-9-6-10-16(23)11-15/h3-12H,2,13,23H2,1H3,(H,24,25). The van der Waals surface area contributed by atoms with Gasteiger partial charge in [0.15, 0.2) is 6.61 Å². The monoisotopic (exact) mass is 424 g/mol. The molecular weight excluding hydrogens is 404 g/mol. The number of ether oxygens (including phenoxy) is 2. The van der Waals surface area contributed by atoms with Crippen LogP contribution in [0.5, 0.6) is 0 Å². The zero-order chi connectivity index (χ0) is 21.5. The summed E-state index contributed by atoms with van der Waals surface area (Å²) in [4.78, 5) is 37.5. The van der Waals surface area contributed by atoms with Crippen molar-refractivity contribution in [2.45, 2.75) is 6.92 Å². The summed E-state index contributed by atoms with van der Waals surface area (Å²) in [5.41, 5.74) is 7.46. The normalized spacial score (nSPS) is 10.3. The van der Waals surface area contributed by atoms with Crippen molar-refractivity contribution in [3.05, 3.63) is 71.8 Å². The second-order valence-electron chi connectivity index (χ2n) is 6.19. The second-order valence-corrected chi connectivity index (χ2v) is 7.24. The van der Waals surface area contributed by atoms with Crippen molar-refractivity contribution in [2.75, 3.05) is 24.3 Å². The van der Waals surface area contributed by atoms with Gasteiger partial charge in [0.05, 0.1) is 17.7 Å². The number of anilines is 2. The number of carbonyl (C=O) groups is 3. The number of thiophene rings is 1. The summed E-state index contributed by atoms with van der Waals surface area (Å²) >= 11 is 1.24. The van der Waals surface area contributed by atoms with E-state index in [1.54, 1.807) is 31.2 Å². The number of benzene rings is 2. The molecule has 0 atom stereocenters. The third kappa shape index (κ3) is 5.24. The summed E-state index contributed by atoms with van der Waals surface area (Å²) in [7, 11) is 0. The van der Waals surface area contributed by atoms with Crippen molar-refractivity contribution in [1.82, 2.24) is 0 Å². The van der Waals surface area contributed by atoms with E-state index in [4.69, 9.17) is 15.2 Å². The lowest BCUT2D eigenvalue weighted by molar-refractivity contribution is -0.119. The van der Waals surface area contributed by atoms with E-state index >= 15 is 0 Å². The summed E-state index contributed by atoms with van der Waals surface area (Å²) in [6, 6.07) is 17.4. The van der Waals surface area contributed by atoms with Gasteiger partial charge in [0.1, 0.15) is 5.00 Å². The highest BCUT2D eigenvalue weighted by molar-refractivity contribution is 7.20. The summed E-state index contributed by atoms with van der Waals surface area (Å²) in [5.74, 6) is -1.78. The fourth-order valence-corrected chi connectivity index (χ4v) is 3.70. The molecule has 0 radical (unpaired) electrons. The van der Waals surface area contributed by atoms with E-state index in [0.717, 1.165) is 10.4 Å². The van der Waals surface area contributed by atoms with Crippen LogP contribution in [0, 0.1) is 0 Å². The van der Waals surface area contributed by atoms with E-state index < -0.39 is 24.5 Å². The van der Waals surface area contributed by atoms with Crippen molar-refractivity contribution in [1.29, 1.82) is 0 Å². The van der Waals surface area contributed by atoms with Crippen LogP contribution >= 0.6 is 11.3 Å². The molecule has 154 valence electrons. The van der Waals surface area contributed by atoms with Crippen LogP contribution < -0.4 is 11.1 Å². The van der Waals surface area contributed by atoms with E-state index in [1.165, 1.54) is 17.4 Å². The maximum atomic E-state index is 12.3. The maximum Gasteiger partial charge on any atom is 0.341 e. The minimum absolute atomic E-state index is 0.209. The first-order chi connectivity index (χ1) is 14.5. The molecule has 3 rings (SSSR count). The van der Waals surface area contributed by atoms with Gasteiger partial charge < -0.3 is 20.5 Å². The summed E-state index contributed by atoms with van der Waals surface area (Å²) in [5, 5.41) is 2.97. The Kier molecular flexibility index (Phi) is 6.82. The largest absolute Gasteiger partial charge is 0.462 e. The van der Waals surface area contributed by atoms with Crippen molar-refractivity contribution in [2.24, 2.45) is 0 Å². The zero-order valence-corrected chi connectivity index (χ0v) is 17.0. The Morgan fingerprint density at radius 2 is 1.73 bits per heavy atom. The highest BCUT2D eigenvalue weighted by atomic mass is 32.1. The molecule has 0 fully saturated rings. The van der Waals surface area contributed by atoms with E-state index in [1.807, 2.05) is 30.3 Å². The van der Waals surface area contributed by atoms with E-state index in [2.05, 4.69) is 5.32 Å². The lowest BCUT2D eigenvalue weighted by Gasteiger charge is -2.07. The van der Waals surface area contributed by atoms with E-state index in [-0.39, 0.29) is 17.7 Å². The highest BCUT2D eigenvalue weighted by Gasteiger charge is 2.20. The van der Waals surface area contributed by atoms with Gasteiger partial charge in [-0.25, -0.2) is 9.59 Å². The number of amides is 1. The Hall–Kier alpha value is -3.65. The highest BCUT2D eigenvalue weighted by Crippen LogP contribution is 2.35. The zero-order valence-electron chi connectivity index (χ0n) is 16.2. The summed E-state index contributed by atoms with van der Waals surface area (Å²) in [6.07, 6.45) is 0. The van der Waals surface area contributed by atoms with E-state index in [0.29, 0.717) is 10.7 Å². The van der Waals surface area contributed by atoms with Gasteiger partial charge in [0, 0.05) is 10.6 Å². The first kappa shape index (κ1) is 21.1. The van der Waals surface area contributed by atoms with Gasteiger partial charge in [-0.15, -0.1) is 11.3 Å². The predicted octanol–water partition coefficient (Wildman–Crippen LogP) is 3.97. The third-order valence-electron chi connectivity index (χ3n) is 4.00. The molecule has 0 saturated carbocycles. The number of esters is 2. The average Bonchev–Trinajstić information content (AvgIpc) is 3.16. The molecule has 3 N–H and O–H groups in total. The summed E-state index contributed by atoms with van der Waals surface area (Å²) < 4.78 is 10.1. The van der Waals surface area contributed by atoms with Crippen LogP contribution in [0.2, 0.25) is 0 Å². The Balaban J connectivity index is 1.72. The summed E-state index contributed by atoms with van der Waals surface area (Å²) in [6.45, 7) is 1.41. The molecule has 0 aliphatic rings. The van der Waals surface area contributed by atoms with Gasteiger partial charge in [-0.3, -0.25) is 4.79 Å². The fraction of sp³-hybridized carbons (Fsp3) is 0.136. The first-order valence-electron chi connectivity index (χ1n) is 9.16. The van der Waals surface area contributed by atoms with Crippen LogP contribution in [0.15, 0.2) is 60.7 Å². The van der Waals surface area contributed by atoms with Gasteiger partial charge in [-0.1, -0.05) is 36.4 Å². The average molecular weight is 424 g/mol. The quantitative estimate of drug-likeness (QED) is 0.439. The van der Waals surface area contributed by atoms with Crippen LogP contribution in [0.4, 0.5) is 10.7 Å². The SMILES string of the molecule is CCOC(=O)c1cc(-c2ccccc2)sc1NC(=O)COC(=O)c1cccc(N)c1. The van der Waals surface area contributed by atoms with Crippen LogP contribution in [-0.4, -0.2) is 31.1 Å². The Morgan fingerprint density at radius 1 is 0.967 bits per heavy atom. The molecule has 1 amide bonds. The van der Waals surface area contributed by atoms with Crippen LogP contribution in [-0.2, 0) is 14.3 Å². The number of nitrogen functional groups attached to an aromatic ring is 1. The van der Waals surface area contributed by atoms with Crippen molar-refractivity contribution < 1.29 is 23.9 Å². The molecule has 2 aromatic carbocycles. The first-order valence-corrected chi connectivity index (χ1v) is 9.98. The third-order valence-corrected chi connectivity index (χ3v) is 5.09. The molecule has 8 heteroatoms. The molecule has 1 heterocycles. The number of nitrogens with one attached hydrogen (secondary N) is 1. The topological polar surface area (TPSA) is 108 Å². The number of hydrogen-bond donors (Lipinski definition) is 2. The molecular formula is C22H20N2O5S. The molecule has 3 aromatic rings. The Labute approximate surface area is 177 Å². The molecule has 1 aromatic heterocycles. The lowest BCUT2D eigenvalue weighted by atomic mass is 10.1. The molecule has 0 aliphatic carbocycles. The predicted molar refractivity (Wildman–Crippen MR) is 115 cm³/mol. The second kappa shape index (κ2) is 9.71. The number of hydrogen-bond acceptors (Lipinski definition) is 7. The molecule has 0 unspecified atom stereocenters. The Morgan fingerprint density at radius 3 is 2.43 bits per heavy atom. The smallest absolute Gasteiger partial charge is 0.341 e. The number of carbonyl (C=O) groups excluding carboxylic acids is 3. The molecule has 0 saturated heterocycles. The van der Waals surface area contributed by atoms with Gasteiger partial charge in [-0.2, -0.15) is 0 Å².